The number of carbonyl (C=O) groups excluding carboxylic acids is 2. The van der Waals surface area contributed by atoms with E-state index in [1.165, 1.54) is 13.0 Å². The fourth-order valence-electron chi connectivity index (χ4n) is 2.50. The van der Waals surface area contributed by atoms with Crippen LogP contribution in [-0.4, -0.2) is 29.0 Å². The summed E-state index contributed by atoms with van der Waals surface area (Å²) in [5, 5.41) is 11.8. The number of carbonyl (C=O) groups is 2. The standard InChI is InChI=1S/C12H17NO5/c1-8(14)17-11(16)18-9-7-10(15)13-12(9)5-3-2-4-6-12/h7-8,14H,2-6H2,1H3,(H,13,15). The monoisotopic (exact) mass is 255 g/mol. The molecule has 6 heteroatoms. The molecule has 1 heterocycles. The Kier molecular flexibility index (Phi) is 3.56. The molecule has 1 aliphatic heterocycles. The van der Waals surface area contributed by atoms with Crippen LogP contribution in [0.2, 0.25) is 0 Å². The van der Waals surface area contributed by atoms with E-state index in [0.717, 1.165) is 32.1 Å². The first-order chi connectivity index (χ1) is 8.52. The zero-order chi connectivity index (χ0) is 13.2. The van der Waals surface area contributed by atoms with Gasteiger partial charge in [0, 0.05) is 6.08 Å². The van der Waals surface area contributed by atoms with Crippen molar-refractivity contribution in [1.82, 2.24) is 5.32 Å². The van der Waals surface area contributed by atoms with E-state index in [4.69, 9.17) is 9.84 Å². The molecule has 1 spiro atoms. The maximum absolute atomic E-state index is 11.5. The minimum Gasteiger partial charge on any atom is -0.405 e. The predicted molar refractivity (Wildman–Crippen MR) is 61.3 cm³/mol. The van der Waals surface area contributed by atoms with Gasteiger partial charge in [-0.15, -0.1) is 0 Å². The SMILES string of the molecule is CC(O)OC(=O)OC1=CC(=O)NC12CCCCC2. The predicted octanol–water partition coefficient (Wildman–Crippen LogP) is 1.19. The summed E-state index contributed by atoms with van der Waals surface area (Å²) in [4.78, 5) is 22.8. The molecule has 2 rings (SSSR count). The molecule has 1 atom stereocenters. The number of aliphatic hydroxyl groups is 1. The first-order valence-corrected chi connectivity index (χ1v) is 6.13. The molecule has 0 saturated heterocycles. The summed E-state index contributed by atoms with van der Waals surface area (Å²) in [7, 11) is 0. The molecule has 2 N–H and O–H groups in total. The van der Waals surface area contributed by atoms with Gasteiger partial charge in [-0.05, 0) is 19.8 Å². The summed E-state index contributed by atoms with van der Waals surface area (Å²) in [5.74, 6) is 0.0506. The van der Waals surface area contributed by atoms with E-state index in [1.54, 1.807) is 0 Å². The van der Waals surface area contributed by atoms with Crippen LogP contribution in [0.15, 0.2) is 11.8 Å². The molecule has 18 heavy (non-hydrogen) atoms. The zero-order valence-electron chi connectivity index (χ0n) is 10.3. The normalized spacial score (nSPS) is 23.2. The number of hydrogen-bond acceptors (Lipinski definition) is 5. The highest BCUT2D eigenvalue weighted by Crippen LogP contribution is 2.37. The van der Waals surface area contributed by atoms with Gasteiger partial charge in [0.05, 0.1) is 5.54 Å². The van der Waals surface area contributed by atoms with Gasteiger partial charge in [0.1, 0.15) is 5.76 Å². The van der Waals surface area contributed by atoms with Crippen molar-refractivity contribution in [1.29, 1.82) is 0 Å². The highest BCUT2D eigenvalue weighted by molar-refractivity contribution is 5.92. The van der Waals surface area contributed by atoms with Gasteiger partial charge in [0.15, 0.2) is 0 Å². The molecule has 6 nitrogen and oxygen atoms in total. The summed E-state index contributed by atoms with van der Waals surface area (Å²) in [6.07, 6.45) is 3.65. The van der Waals surface area contributed by atoms with E-state index >= 15 is 0 Å². The quantitative estimate of drug-likeness (QED) is 0.572. The lowest BCUT2D eigenvalue weighted by molar-refractivity contribution is -0.117. The van der Waals surface area contributed by atoms with E-state index in [9.17, 15) is 9.59 Å². The van der Waals surface area contributed by atoms with E-state index in [2.05, 4.69) is 10.1 Å². The zero-order valence-corrected chi connectivity index (χ0v) is 10.3. The molecule has 2 aliphatic rings. The molecular weight excluding hydrogens is 238 g/mol. The highest BCUT2D eigenvalue weighted by Gasteiger charge is 2.44. The van der Waals surface area contributed by atoms with Crippen molar-refractivity contribution < 1.29 is 24.2 Å². The van der Waals surface area contributed by atoms with E-state index in [0.29, 0.717) is 5.76 Å². The van der Waals surface area contributed by atoms with Gasteiger partial charge in [-0.1, -0.05) is 19.3 Å². The van der Waals surface area contributed by atoms with Crippen LogP contribution >= 0.6 is 0 Å². The van der Waals surface area contributed by atoms with Gasteiger partial charge in [0.25, 0.3) is 0 Å². The highest BCUT2D eigenvalue weighted by atomic mass is 16.8. The smallest absolute Gasteiger partial charge is 0.405 e. The first kappa shape index (κ1) is 12.9. The molecular formula is C12H17NO5. The van der Waals surface area contributed by atoms with E-state index in [1.807, 2.05) is 0 Å². The summed E-state index contributed by atoms with van der Waals surface area (Å²) < 4.78 is 9.54. The lowest BCUT2D eigenvalue weighted by Gasteiger charge is -2.34. The van der Waals surface area contributed by atoms with Crippen molar-refractivity contribution >= 4 is 12.1 Å². The van der Waals surface area contributed by atoms with Crippen molar-refractivity contribution in [2.45, 2.75) is 50.9 Å². The maximum Gasteiger partial charge on any atom is 0.515 e. The van der Waals surface area contributed by atoms with Crippen molar-refractivity contribution in [3.63, 3.8) is 0 Å². The van der Waals surface area contributed by atoms with Crippen LogP contribution in [0, 0.1) is 0 Å². The number of rotatable bonds is 2. The Labute approximate surface area is 105 Å². The van der Waals surface area contributed by atoms with Gasteiger partial charge in [-0.25, -0.2) is 4.79 Å². The topological polar surface area (TPSA) is 84.9 Å². The third kappa shape index (κ3) is 2.64. The van der Waals surface area contributed by atoms with Crippen molar-refractivity contribution in [2.75, 3.05) is 0 Å². The van der Waals surface area contributed by atoms with Gasteiger partial charge in [-0.2, -0.15) is 0 Å². The Hall–Kier alpha value is -1.56. The molecule has 1 aliphatic carbocycles. The lowest BCUT2D eigenvalue weighted by Crippen LogP contribution is -2.47. The van der Waals surface area contributed by atoms with Crippen molar-refractivity contribution in [3.8, 4) is 0 Å². The minimum atomic E-state index is -1.23. The van der Waals surface area contributed by atoms with Crippen LogP contribution in [-0.2, 0) is 14.3 Å². The molecule has 0 aromatic carbocycles. The first-order valence-electron chi connectivity index (χ1n) is 6.13. The average Bonchev–Trinajstić information content (AvgIpc) is 2.54. The third-order valence-corrected chi connectivity index (χ3v) is 3.26. The van der Waals surface area contributed by atoms with Crippen LogP contribution < -0.4 is 5.32 Å². The lowest BCUT2D eigenvalue weighted by atomic mass is 9.81. The largest absolute Gasteiger partial charge is 0.515 e. The van der Waals surface area contributed by atoms with Crippen molar-refractivity contribution in [2.24, 2.45) is 0 Å². The summed E-state index contributed by atoms with van der Waals surface area (Å²) in [6, 6.07) is 0. The van der Waals surface area contributed by atoms with Gasteiger partial charge in [-0.3, -0.25) is 4.79 Å². The van der Waals surface area contributed by atoms with Gasteiger partial charge < -0.3 is 19.9 Å². The van der Waals surface area contributed by atoms with Crippen LogP contribution in [0.3, 0.4) is 0 Å². The van der Waals surface area contributed by atoms with E-state index < -0.39 is 18.0 Å². The van der Waals surface area contributed by atoms with Gasteiger partial charge >= 0.3 is 6.16 Å². The second-order valence-electron chi connectivity index (χ2n) is 4.71. The number of nitrogens with one attached hydrogen (secondary N) is 1. The Balaban J connectivity index is 2.06. The Morgan fingerprint density at radius 2 is 2.11 bits per heavy atom. The number of ether oxygens (including phenoxy) is 2. The molecule has 0 bridgehead atoms. The van der Waals surface area contributed by atoms with Crippen LogP contribution in [0.25, 0.3) is 0 Å². The minimum absolute atomic E-state index is 0.253. The van der Waals surface area contributed by atoms with Crippen LogP contribution in [0.1, 0.15) is 39.0 Å². The average molecular weight is 255 g/mol. The maximum atomic E-state index is 11.5. The van der Waals surface area contributed by atoms with Crippen molar-refractivity contribution in [3.05, 3.63) is 11.8 Å². The molecule has 0 aromatic heterocycles. The van der Waals surface area contributed by atoms with E-state index in [-0.39, 0.29) is 5.91 Å². The Bertz CT molecular complexity index is 382. The van der Waals surface area contributed by atoms with Crippen LogP contribution in [0.4, 0.5) is 4.79 Å². The number of aliphatic hydroxyl groups excluding tert-OH is 1. The third-order valence-electron chi connectivity index (χ3n) is 3.26. The van der Waals surface area contributed by atoms with Crippen LogP contribution in [0.5, 0.6) is 0 Å². The number of hydrogen-bond donors (Lipinski definition) is 2. The Morgan fingerprint density at radius 1 is 1.44 bits per heavy atom. The summed E-state index contributed by atoms with van der Waals surface area (Å²) in [5.41, 5.74) is -0.562. The molecule has 0 radical (unpaired) electrons. The second kappa shape index (κ2) is 4.97. The molecule has 100 valence electrons. The Morgan fingerprint density at radius 3 is 2.72 bits per heavy atom. The fourth-order valence-corrected chi connectivity index (χ4v) is 2.50. The number of amides is 1. The molecule has 1 saturated carbocycles. The second-order valence-corrected chi connectivity index (χ2v) is 4.71. The molecule has 0 aromatic rings. The summed E-state index contributed by atoms with van der Waals surface area (Å²) in [6.45, 7) is 1.31. The van der Waals surface area contributed by atoms with Gasteiger partial charge in [0.2, 0.25) is 12.2 Å². The summed E-state index contributed by atoms with van der Waals surface area (Å²) >= 11 is 0. The fraction of sp³-hybridized carbons (Fsp3) is 0.667. The molecule has 1 amide bonds. The molecule has 1 fully saturated rings. The molecule has 1 unspecified atom stereocenters.